The summed E-state index contributed by atoms with van der Waals surface area (Å²) < 4.78 is 12.9. The maximum absolute atomic E-state index is 14.1. The average Bonchev–Trinajstić information content (AvgIpc) is 3.98. The lowest BCUT2D eigenvalue weighted by Crippen LogP contribution is -2.31. The zero-order valence-electron chi connectivity index (χ0n) is 32.5. The summed E-state index contributed by atoms with van der Waals surface area (Å²) in [4.78, 5) is 91.6. The van der Waals surface area contributed by atoms with E-state index in [1.807, 2.05) is 60.7 Å². The van der Waals surface area contributed by atoms with Crippen molar-refractivity contribution in [3.8, 4) is 0 Å². The molecule has 3 aliphatic carbocycles. The zero-order valence-corrected chi connectivity index (χ0v) is 34.1. The van der Waals surface area contributed by atoms with Crippen molar-refractivity contribution >= 4 is 110 Å². The summed E-state index contributed by atoms with van der Waals surface area (Å²) in [6.07, 6.45) is 3.12. The first-order valence-corrected chi connectivity index (χ1v) is 21.7. The highest BCUT2D eigenvalue weighted by Gasteiger charge is 2.47. The smallest absolute Gasteiger partial charge is 0.339 e. The molecule has 2 fully saturated rings. The summed E-state index contributed by atoms with van der Waals surface area (Å²) in [5, 5.41) is 2.76. The topological polar surface area (TPSA) is 146 Å². The first-order valence-electron chi connectivity index (χ1n) is 20.0. The Hall–Kier alpha value is -6.76. The van der Waals surface area contributed by atoms with Crippen LogP contribution in [0.4, 0.5) is 10.0 Å². The number of benzene rings is 5. The van der Waals surface area contributed by atoms with Crippen LogP contribution in [0.3, 0.4) is 0 Å². The number of hydrogen-bond acceptors (Lipinski definition) is 12. The van der Waals surface area contributed by atoms with Gasteiger partial charge >= 0.3 is 11.9 Å². The minimum absolute atomic E-state index is 0.00715. The van der Waals surface area contributed by atoms with Crippen molar-refractivity contribution in [2.45, 2.75) is 45.3 Å². The van der Waals surface area contributed by atoms with E-state index in [-0.39, 0.29) is 65.6 Å². The lowest BCUT2D eigenvalue weighted by molar-refractivity contribution is -0.120. The molecule has 0 spiro atoms. The molecule has 2 heterocycles. The highest BCUT2D eigenvalue weighted by molar-refractivity contribution is 7.25. The van der Waals surface area contributed by atoms with Crippen molar-refractivity contribution in [3.05, 3.63) is 143 Å². The van der Waals surface area contributed by atoms with E-state index in [2.05, 4.69) is 9.98 Å². The molecule has 12 heteroatoms. The van der Waals surface area contributed by atoms with Crippen LogP contribution in [-0.2, 0) is 43.5 Å². The molecule has 10 nitrogen and oxygen atoms in total. The molecule has 0 N–H and O–H groups in total. The molecule has 0 bridgehead atoms. The molecule has 300 valence electrons. The van der Waals surface area contributed by atoms with Crippen LogP contribution in [0.1, 0.15) is 73.4 Å². The number of ether oxygens (including phenoxy) is 2. The van der Waals surface area contributed by atoms with E-state index in [0.29, 0.717) is 64.9 Å². The molecule has 2 atom stereocenters. The predicted octanol–water partition coefficient (Wildman–Crippen LogP) is 10.1. The van der Waals surface area contributed by atoms with Gasteiger partial charge in [0.2, 0.25) is 5.78 Å². The summed E-state index contributed by atoms with van der Waals surface area (Å²) in [6.45, 7) is 0.0188. The third kappa shape index (κ3) is 7.01. The summed E-state index contributed by atoms with van der Waals surface area (Å²) in [7, 11) is 0. The fraction of sp³-hybridized carbons (Fsp3) is 0.184. The number of fused-ring (bicyclic) bond motifs is 7. The van der Waals surface area contributed by atoms with Gasteiger partial charge in [-0.25, -0.2) is 19.6 Å². The zero-order chi connectivity index (χ0) is 41.8. The maximum Gasteiger partial charge on any atom is 0.339 e. The van der Waals surface area contributed by atoms with Crippen molar-refractivity contribution in [3.63, 3.8) is 0 Å². The largest absolute Gasteiger partial charge is 0.457 e. The van der Waals surface area contributed by atoms with Gasteiger partial charge in [0.15, 0.2) is 28.8 Å². The number of nitrogens with zero attached hydrogens (tertiary/aromatic N) is 2. The normalized spacial score (nSPS) is 18.2. The predicted molar refractivity (Wildman–Crippen MR) is 235 cm³/mol. The summed E-state index contributed by atoms with van der Waals surface area (Å²) in [5.41, 5.74) is 2.79. The molecule has 61 heavy (non-hydrogen) atoms. The van der Waals surface area contributed by atoms with E-state index in [4.69, 9.17) is 9.47 Å². The Labute approximate surface area is 356 Å². The monoisotopic (exact) mass is 842 g/mol. The number of rotatable bonds is 8. The van der Waals surface area contributed by atoms with Crippen LogP contribution in [0, 0.1) is 11.8 Å². The molecule has 7 aromatic rings. The van der Waals surface area contributed by atoms with E-state index in [0.717, 1.165) is 24.0 Å². The van der Waals surface area contributed by atoms with E-state index in [1.54, 1.807) is 48.5 Å². The third-order valence-electron chi connectivity index (χ3n) is 11.7. The van der Waals surface area contributed by atoms with Crippen LogP contribution < -0.4 is 0 Å². The third-order valence-corrected chi connectivity index (χ3v) is 13.8. The number of hydrogen-bond donors (Lipinski definition) is 0. The summed E-state index contributed by atoms with van der Waals surface area (Å²) >= 11 is 2.37. The Morgan fingerprint density at radius 3 is 1.57 bits per heavy atom. The molecule has 2 aromatic heterocycles. The van der Waals surface area contributed by atoms with Crippen molar-refractivity contribution < 1.29 is 38.2 Å². The summed E-state index contributed by atoms with van der Waals surface area (Å²) in [6, 6.07) is 32.3. The van der Waals surface area contributed by atoms with Crippen LogP contribution in [0.5, 0.6) is 0 Å². The number of thiophene rings is 2. The minimum Gasteiger partial charge on any atom is -0.457 e. The second kappa shape index (κ2) is 15.7. The fourth-order valence-corrected chi connectivity index (χ4v) is 10.8. The highest BCUT2D eigenvalue weighted by Crippen LogP contribution is 2.47. The molecule has 0 aliphatic heterocycles. The van der Waals surface area contributed by atoms with Gasteiger partial charge in [-0.1, -0.05) is 97.8 Å². The van der Waals surface area contributed by atoms with Crippen LogP contribution in [-0.4, -0.2) is 46.5 Å². The minimum atomic E-state index is -0.618. The molecule has 5 aromatic carbocycles. The molecule has 3 aliphatic rings. The number of ketones is 4. The lowest BCUT2D eigenvalue weighted by atomic mass is 9.81. The Bertz CT molecular complexity index is 3060. The van der Waals surface area contributed by atoms with Gasteiger partial charge in [0.1, 0.15) is 23.2 Å². The van der Waals surface area contributed by atoms with Gasteiger partial charge in [-0.15, -0.1) is 22.7 Å². The van der Waals surface area contributed by atoms with Crippen LogP contribution >= 0.6 is 22.7 Å². The lowest BCUT2D eigenvalue weighted by Gasteiger charge is -2.20. The Balaban J connectivity index is 1.16. The average molecular weight is 843 g/mol. The SMILES string of the molecule is O=C1Cc2ccccc2C(=O)C1=Nc1cc2c(C(=O)OCc3ccccc3)cc3c(cc(C(=O)OCc4ccccc4)c4cc(N=C5C(=O)C6CCCCC6C5=O)sc43)c2s1. The van der Waals surface area contributed by atoms with Crippen LogP contribution in [0.15, 0.2) is 119 Å². The van der Waals surface area contributed by atoms with E-state index < -0.39 is 23.5 Å². The van der Waals surface area contributed by atoms with Crippen molar-refractivity contribution in [2.75, 3.05) is 0 Å². The van der Waals surface area contributed by atoms with Gasteiger partial charge in [0, 0.05) is 54.8 Å². The van der Waals surface area contributed by atoms with Gasteiger partial charge in [0.05, 0.1) is 11.1 Å². The Morgan fingerprint density at radius 2 is 1.05 bits per heavy atom. The Morgan fingerprint density at radius 1 is 0.574 bits per heavy atom. The molecule has 0 amide bonds. The van der Waals surface area contributed by atoms with Gasteiger partial charge in [0.25, 0.3) is 0 Å². The van der Waals surface area contributed by atoms with Crippen molar-refractivity contribution in [2.24, 2.45) is 21.8 Å². The fourth-order valence-electron chi connectivity index (χ4n) is 8.66. The number of esters is 2. The summed E-state index contributed by atoms with van der Waals surface area (Å²) in [5.74, 6) is -3.32. The molecular formula is C49H34N2O8S2. The molecule has 2 unspecified atom stereocenters. The van der Waals surface area contributed by atoms with E-state index >= 15 is 0 Å². The second-order valence-corrected chi connectivity index (χ2v) is 17.5. The first-order chi connectivity index (χ1) is 29.7. The van der Waals surface area contributed by atoms with Crippen molar-refractivity contribution in [1.29, 1.82) is 0 Å². The van der Waals surface area contributed by atoms with Crippen molar-refractivity contribution in [1.82, 2.24) is 0 Å². The molecule has 0 radical (unpaired) electrons. The number of carbonyl (C=O) groups is 6. The van der Waals surface area contributed by atoms with E-state index in [1.165, 1.54) is 22.7 Å². The number of carbonyl (C=O) groups excluding carboxylic acids is 6. The van der Waals surface area contributed by atoms with Gasteiger partial charge < -0.3 is 9.47 Å². The standard InChI is InChI=1S/C49H34N2O8S2/c52-38-19-28-15-7-8-16-29(28)43(53)41(38)50-39-22-34-36(48(56)58-24-26-11-3-1-4-12-26)21-33-32(46(34)60-39)20-37(49(57)59-25-27-13-5-2-6-14-27)35-23-40(61-47(33)35)51-42-44(54)30-17-9-10-18-31(30)45(42)55/h1-8,11-16,20-23,30-31H,9-10,17-19,24-25H2. The number of aliphatic imine (C=N–C) groups is 2. The number of Topliss-reactive ketones (excluding diaryl/α,β-unsaturated/α-hetero) is 4. The van der Waals surface area contributed by atoms with Crippen LogP contribution in [0.2, 0.25) is 0 Å². The molecule has 2 saturated carbocycles. The van der Waals surface area contributed by atoms with Gasteiger partial charge in [-0.2, -0.15) is 0 Å². The maximum atomic E-state index is 14.1. The molecule has 10 rings (SSSR count). The van der Waals surface area contributed by atoms with Gasteiger partial charge in [-0.3, -0.25) is 19.2 Å². The van der Waals surface area contributed by atoms with Gasteiger partial charge in [-0.05, 0) is 53.8 Å². The quantitative estimate of drug-likeness (QED) is 0.138. The first kappa shape index (κ1) is 38.4. The molecular weight excluding hydrogens is 809 g/mol. The molecule has 0 saturated heterocycles. The van der Waals surface area contributed by atoms with Crippen LogP contribution in [0.25, 0.3) is 30.9 Å². The highest BCUT2D eigenvalue weighted by atomic mass is 32.1. The Kier molecular flexibility index (Phi) is 9.89. The van der Waals surface area contributed by atoms with E-state index in [9.17, 15) is 28.8 Å². The second-order valence-electron chi connectivity index (χ2n) is 15.5.